The van der Waals surface area contributed by atoms with Gasteiger partial charge in [0.2, 0.25) is 0 Å². The molecule has 4 nitrogen and oxygen atoms in total. The maximum absolute atomic E-state index is 9.51. The highest BCUT2D eigenvalue weighted by Gasteiger charge is 2.52. The van der Waals surface area contributed by atoms with Crippen LogP contribution in [0.5, 0.6) is 5.75 Å². The van der Waals surface area contributed by atoms with Crippen molar-refractivity contribution in [1.29, 1.82) is 0 Å². The molecule has 1 aromatic rings. The zero-order chi connectivity index (χ0) is 19.9. The predicted molar refractivity (Wildman–Crippen MR) is 119 cm³/mol. The number of hydrogen-bond donors (Lipinski definition) is 3. The average Bonchev–Trinajstić information content (AvgIpc) is 2.65. The van der Waals surface area contributed by atoms with Gasteiger partial charge in [-0.1, -0.05) is 12.1 Å². The molecule has 4 bridgehead atoms. The molecule has 29 heavy (non-hydrogen) atoms. The first-order valence-corrected chi connectivity index (χ1v) is 11.2. The summed E-state index contributed by atoms with van der Waals surface area (Å²) in [6, 6.07) is 6.65. The summed E-state index contributed by atoms with van der Waals surface area (Å²) in [7, 11) is 0. The maximum Gasteiger partial charge on any atom is 0.123 e. The van der Waals surface area contributed by atoms with Gasteiger partial charge in [0.15, 0.2) is 0 Å². The van der Waals surface area contributed by atoms with Crippen LogP contribution in [-0.2, 0) is 11.8 Å². The van der Waals surface area contributed by atoms with Crippen molar-refractivity contribution in [2.45, 2.75) is 82.3 Å². The predicted octanol–water partition coefficient (Wildman–Crippen LogP) is 3.98. The van der Waals surface area contributed by atoms with E-state index in [1.54, 1.807) is 0 Å². The number of aliphatic hydroxyl groups excluding tert-OH is 2. The normalized spacial score (nSPS) is 30.5. The summed E-state index contributed by atoms with van der Waals surface area (Å²) in [6.07, 6.45) is 9.73. The topological polar surface area (TPSA) is 75.7 Å². The first kappa shape index (κ1) is 22.9. The molecule has 0 heterocycles. The molecular weight excluding hydrogens is 386 g/mol. The second kappa shape index (κ2) is 8.74. The molecular formula is C24H38ClNO3. The van der Waals surface area contributed by atoms with Crippen molar-refractivity contribution in [2.24, 2.45) is 23.5 Å². The van der Waals surface area contributed by atoms with Crippen LogP contribution in [-0.4, -0.2) is 35.1 Å². The van der Waals surface area contributed by atoms with E-state index >= 15 is 0 Å². The van der Waals surface area contributed by atoms with E-state index in [-0.39, 0.29) is 37.1 Å². The second-order valence-electron chi connectivity index (χ2n) is 10.4. The Hall–Kier alpha value is -0.810. The smallest absolute Gasteiger partial charge is 0.123 e. The van der Waals surface area contributed by atoms with Gasteiger partial charge < -0.3 is 20.7 Å². The molecule has 0 radical (unpaired) electrons. The van der Waals surface area contributed by atoms with Crippen molar-refractivity contribution in [1.82, 2.24) is 0 Å². The third kappa shape index (κ3) is 4.61. The van der Waals surface area contributed by atoms with E-state index < -0.39 is 5.54 Å². The van der Waals surface area contributed by atoms with Gasteiger partial charge >= 0.3 is 0 Å². The van der Waals surface area contributed by atoms with Crippen LogP contribution in [0.2, 0.25) is 0 Å². The Kier molecular flexibility index (Phi) is 6.89. The molecule has 0 aliphatic heterocycles. The SMILES string of the molecule is CC(C)Oc1ccc(CCC(N)(CO)CO)cc1C12CC3CC(CC(C3)C1)C2.Cl. The summed E-state index contributed by atoms with van der Waals surface area (Å²) in [6.45, 7) is 3.81. The molecule has 1 aromatic carbocycles. The highest BCUT2D eigenvalue weighted by atomic mass is 35.5. The van der Waals surface area contributed by atoms with Crippen molar-refractivity contribution in [2.75, 3.05) is 13.2 Å². The Bertz CT molecular complexity index is 666. The number of nitrogens with two attached hydrogens (primary N) is 1. The van der Waals surface area contributed by atoms with E-state index in [9.17, 15) is 10.2 Å². The lowest BCUT2D eigenvalue weighted by molar-refractivity contribution is -0.00674. The fourth-order valence-corrected chi connectivity index (χ4v) is 6.55. The quantitative estimate of drug-likeness (QED) is 0.591. The van der Waals surface area contributed by atoms with E-state index in [1.165, 1.54) is 49.7 Å². The minimum absolute atomic E-state index is 0. The van der Waals surface area contributed by atoms with Crippen molar-refractivity contribution >= 4 is 12.4 Å². The van der Waals surface area contributed by atoms with Gasteiger partial charge in [0.1, 0.15) is 5.75 Å². The van der Waals surface area contributed by atoms with Crippen LogP contribution >= 0.6 is 12.4 Å². The van der Waals surface area contributed by atoms with Crippen LogP contribution in [0.1, 0.15) is 69.9 Å². The van der Waals surface area contributed by atoms with Gasteiger partial charge in [-0.2, -0.15) is 0 Å². The minimum Gasteiger partial charge on any atom is -0.491 e. The average molecular weight is 424 g/mol. The Balaban J connectivity index is 0.00000240. The summed E-state index contributed by atoms with van der Waals surface area (Å²) in [5, 5.41) is 19.0. The van der Waals surface area contributed by atoms with Crippen molar-refractivity contribution < 1.29 is 14.9 Å². The Morgan fingerprint density at radius 3 is 2.10 bits per heavy atom. The summed E-state index contributed by atoms with van der Waals surface area (Å²) in [5.41, 5.74) is 8.12. The number of halogens is 1. The third-order valence-electron chi connectivity index (χ3n) is 7.56. The lowest BCUT2D eigenvalue weighted by atomic mass is 9.48. The zero-order valence-corrected chi connectivity index (χ0v) is 18.7. The number of ether oxygens (including phenoxy) is 1. The molecule has 4 aliphatic rings. The number of rotatable bonds is 8. The monoisotopic (exact) mass is 423 g/mol. The molecule has 4 N–H and O–H groups in total. The highest BCUT2D eigenvalue weighted by Crippen LogP contribution is 2.62. The summed E-state index contributed by atoms with van der Waals surface area (Å²) in [4.78, 5) is 0. The van der Waals surface area contributed by atoms with Crippen LogP contribution in [0.4, 0.5) is 0 Å². The molecule has 4 saturated carbocycles. The van der Waals surface area contributed by atoms with E-state index in [0.717, 1.165) is 29.9 Å². The number of benzene rings is 1. The molecule has 5 heteroatoms. The van der Waals surface area contributed by atoms with Gasteiger partial charge in [0, 0.05) is 5.56 Å². The van der Waals surface area contributed by atoms with E-state index in [1.807, 2.05) is 0 Å². The third-order valence-corrected chi connectivity index (χ3v) is 7.56. The molecule has 0 aromatic heterocycles. The van der Waals surface area contributed by atoms with Crippen LogP contribution in [0.3, 0.4) is 0 Å². The Labute approximate surface area is 181 Å². The van der Waals surface area contributed by atoms with Crippen molar-refractivity contribution in [3.8, 4) is 5.75 Å². The summed E-state index contributed by atoms with van der Waals surface area (Å²) < 4.78 is 6.27. The second-order valence-corrected chi connectivity index (χ2v) is 10.4. The van der Waals surface area contributed by atoms with Gasteiger partial charge in [-0.3, -0.25) is 0 Å². The van der Waals surface area contributed by atoms with Gasteiger partial charge in [-0.25, -0.2) is 0 Å². The molecule has 0 unspecified atom stereocenters. The van der Waals surface area contributed by atoms with Gasteiger partial charge in [0.05, 0.1) is 24.9 Å². The van der Waals surface area contributed by atoms with E-state index in [0.29, 0.717) is 6.42 Å². The standard InChI is InChI=1S/C24H37NO3.ClH/c1-16(2)28-22-4-3-17(5-6-24(25,14-26)15-27)10-21(22)23-11-18-7-19(12-23)9-20(8-18)13-23;/h3-4,10,16,18-20,26-27H,5-9,11-15,25H2,1-2H3;1H. The Morgan fingerprint density at radius 1 is 1.07 bits per heavy atom. The molecule has 0 spiro atoms. The Morgan fingerprint density at radius 2 is 1.62 bits per heavy atom. The van der Waals surface area contributed by atoms with Crippen LogP contribution < -0.4 is 10.5 Å². The molecule has 0 saturated heterocycles. The molecule has 4 fully saturated rings. The number of hydrogen-bond acceptors (Lipinski definition) is 4. The van der Waals surface area contributed by atoms with Crippen LogP contribution in [0, 0.1) is 17.8 Å². The summed E-state index contributed by atoms with van der Waals surface area (Å²) in [5.74, 6) is 3.73. The van der Waals surface area contributed by atoms with Gasteiger partial charge in [-0.15, -0.1) is 12.4 Å². The lowest BCUT2D eigenvalue weighted by Gasteiger charge is -2.57. The maximum atomic E-state index is 9.51. The van der Waals surface area contributed by atoms with Crippen LogP contribution in [0.25, 0.3) is 0 Å². The summed E-state index contributed by atoms with van der Waals surface area (Å²) >= 11 is 0. The fraction of sp³-hybridized carbons (Fsp3) is 0.750. The highest BCUT2D eigenvalue weighted by molar-refractivity contribution is 5.85. The number of aliphatic hydroxyl groups is 2. The molecule has 0 atom stereocenters. The molecule has 5 rings (SSSR count). The van der Waals surface area contributed by atoms with E-state index in [2.05, 4.69) is 32.0 Å². The van der Waals surface area contributed by atoms with Gasteiger partial charge in [0.25, 0.3) is 0 Å². The van der Waals surface area contributed by atoms with Crippen molar-refractivity contribution in [3.63, 3.8) is 0 Å². The molecule has 164 valence electrons. The first-order valence-electron chi connectivity index (χ1n) is 11.2. The zero-order valence-electron chi connectivity index (χ0n) is 17.9. The van der Waals surface area contributed by atoms with E-state index in [4.69, 9.17) is 10.5 Å². The number of aryl methyl sites for hydroxylation is 1. The van der Waals surface area contributed by atoms with Crippen molar-refractivity contribution in [3.05, 3.63) is 29.3 Å². The van der Waals surface area contributed by atoms with Gasteiger partial charge in [-0.05, 0) is 100 Å². The first-order chi connectivity index (χ1) is 13.3. The van der Waals surface area contributed by atoms with Crippen LogP contribution in [0.15, 0.2) is 18.2 Å². The largest absolute Gasteiger partial charge is 0.491 e. The molecule has 4 aliphatic carbocycles. The molecule has 0 amide bonds. The fourth-order valence-electron chi connectivity index (χ4n) is 6.55. The lowest BCUT2D eigenvalue weighted by Crippen LogP contribution is -2.48. The minimum atomic E-state index is -0.909.